The van der Waals surface area contributed by atoms with Crippen LogP contribution in [0.5, 0.6) is 0 Å². The topological polar surface area (TPSA) is 46.5 Å². The van der Waals surface area contributed by atoms with Gasteiger partial charge in [0.1, 0.15) is 5.82 Å². The Morgan fingerprint density at radius 2 is 2.10 bits per heavy atom. The van der Waals surface area contributed by atoms with E-state index in [0.717, 1.165) is 24.8 Å². The molecule has 0 saturated heterocycles. The fraction of sp³-hybridized carbons (Fsp3) is 0.471. The van der Waals surface area contributed by atoms with Gasteiger partial charge in [-0.05, 0) is 49.3 Å². The number of benzene rings is 1. The number of carboxylic acid groups (broad SMARTS) is 1. The molecule has 1 fully saturated rings. The lowest BCUT2D eigenvalue weighted by Gasteiger charge is -2.26. The van der Waals surface area contributed by atoms with Crippen molar-refractivity contribution in [1.82, 2.24) is 0 Å². The molecule has 0 radical (unpaired) electrons. The predicted molar refractivity (Wildman–Crippen MR) is 79.3 cm³/mol. The lowest BCUT2D eigenvalue weighted by atomic mass is 9.89. The minimum atomic E-state index is -1.05. The second kappa shape index (κ2) is 7.36. The highest BCUT2D eigenvalue weighted by Crippen LogP contribution is 2.26. The smallest absolute Gasteiger partial charge is 0.328 e. The summed E-state index contributed by atoms with van der Waals surface area (Å²) in [5.74, 6) is -0.636. The first-order valence-corrected chi connectivity index (χ1v) is 7.35. The van der Waals surface area contributed by atoms with Gasteiger partial charge < -0.3 is 9.84 Å². The largest absolute Gasteiger partial charge is 0.478 e. The molecule has 1 N–H and O–H groups in total. The average molecular weight is 292 g/mol. The zero-order valence-electron chi connectivity index (χ0n) is 12.2. The van der Waals surface area contributed by atoms with Gasteiger partial charge in [0.25, 0.3) is 0 Å². The first-order valence-electron chi connectivity index (χ1n) is 7.35. The third kappa shape index (κ3) is 4.97. The first kappa shape index (κ1) is 15.7. The molecule has 1 aliphatic rings. The van der Waals surface area contributed by atoms with E-state index in [2.05, 4.69) is 6.92 Å². The van der Waals surface area contributed by atoms with Crippen LogP contribution in [0.4, 0.5) is 4.39 Å². The van der Waals surface area contributed by atoms with Crippen LogP contribution in [0.25, 0.3) is 6.08 Å². The van der Waals surface area contributed by atoms with E-state index in [0.29, 0.717) is 11.1 Å². The summed E-state index contributed by atoms with van der Waals surface area (Å²) in [5, 5.41) is 8.55. The van der Waals surface area contributed by atoms with Crippen LogP contribution in [0, 0.1) is 11.7 Å². The van der Waals surface area contributed by atoms with Crippen LogP contribution in [0.3, 0.4) is 0 Å². The zero-order valence-corrected chi connectivity index (χ0v) is 12.2. The molecule has 4 heteroatoms. The van der Waals surface area contributed by atoms with Gasteiger partial charge in [-0.1, -0.05) is 19.1 Å². The summed E-state index contributed by atoms with van der Waals surface area (Å²) in [6.45, 7) is 2.52. The summed E-state index contributed by atoms with van der Waals surface area (Å²) >= 11 is 0. The van der Waals surface area contributed by atoms with Crippen LogP contribution in [-0.2, 0) is 16.1 Å². The molecule has 0 bridgehead atoms. The summed E-state index contributed by atoms with van der Waals surface area (Å²) in [6, 6.07) is 4.69. The molecule has 0 aliphatic heterocycles. The lowest BCUT2D eigenvalue weighted by Crippen LogP contribution is -2.20. The highest BCUT2D eigenvalue weighted by Gasteiger charge is 2.18. The van der Waals surface area contributed by atoms with Gasteiger partial charge in [-0.25, -0.2) is 9.18 Å². The summed E-state index contributed by atoms with van der Waals surface area (Å²) in [7, 11) is 0. The summed E-state index contributed by atoms with van der Waals surface area (Å²) < 4.78 is 19.7. The van der Waals surface area contributed by atoms with Gasteiger partial charge in [-0.2, -0.15) is 0 Å². The Morgan fingerprint density at radius 3 is 2.71 bits per heavy atom. The highest BCUT2D eigenvalue weighted by atomic mass is 19.1. The summed E-state index contributed by atoms with van der Waals surface area (Å²) in [4.78, 5) is 10.4. The Kier molecular flexibility index (Phi) is 5.51. The Hall–Kier alpha value is -1.68. The minimum absolute atomic E-state index is 0.229. The molecular weight excluding hydrogens is 271 g/mol. The Balaban J connectivity index is 1.90. The third-order valence-corrected chi connectivity index (χ3v) is 3.93. The molecule has 0 amide bonds. The summed E-state index contributed by atoms with van der Waals surface area (Å²) in [6.07, 6.45) is 7.03. The van der Waals surface area contributed by atoms with Crippen molar-refractivity contribution in [3.05, 3.63) is 41.2 Å². The molecule has 1 aromatic rings. The average Bonchev–Trinajstić information content (AvgIpc) is 2.46. The Labute approximate surface area is 124 Å². The first-order chi connectivity index (χ1) is 10.0. The van der Waals surface area contributed by atoms with Crippen LogP contribution in [0.15, 0.2) is 24.3 Å². The van der Waals surface area contributed by atoms with Crippen molar-refractivity contribution in [2.45, 2.75) is 45.3 Å². The number of carboxylic acids is 1. The highest BCUT2D eigenvalue weighted by molar-refractivity contribution is 5.85. The maximum Gasteiger partial charge on any atom is 0.328 e. The van der Waals surface area contributed by atoms with Gasteiger partial charge in [0.15, 0.2) is 0 Å². The van der Waals surface area contributed by atoms with Gasteiger partial charge in [-0.15, -0.1) is 0 Å². The molecular formula is C17H21FO3. The fourth-order valence-corrected chi connectivity index (χ4v) is 2.56. The Bertz CT molecular complexity index is 517. The van der Waals surface area contributed by atoms with Crippen LogP contribution in [-0.4, -0.2) is 17.2 Å². The minimum Gasteiger partial charge on any atom is -0.478 e. The molecule has 3 nitrogen and oxygen atoms in total. The maximum atomic E-state index is 13.9. The van der Waals surface area contributed by atoms with E-state index < -0.39 is 5.97 Å². The van der Waals surface area contributed by atoms with Crippen molar-refractivity contribution < 1.29 is 19.0 Å². The lowest BCUT2D eigenvalue weighted by molar-refractivity contribution is -0.131. The maximum absolute atomic E-state index is 13.9. The van der Waals surface area contributed by atoms with E-state index in [9.17, 15) is 9.18 Å². The van der Waals surface area contributed by atoms with Crippen molar-refractivity contribution >= 4 is 12.0 Å². The standard InChI is InChI=1S/C17H21FO3/c1-12-2-7-15(8-3-12)21-11-14-6-4-13(10-16(14)18)5-9-17(19)20/h4-6,9-10,12,15H,2-3,7-8,11H2,1H3,(H,19,20). The third-order valence-electron chi connectivity index (χ3n) is 3.93. The molecule has 0 atom stereocenters. The van der Waals surface area contributed by atoms with Gasteiger partial charge in [0.05, 0.1) is 12.7 Å². The Morgan fingerprint density at radius 1 is 1.38 bits per heavy atom. The molecule has 0 heterocycles. The van der Waals surface area contributed by atoms with E-state index >= 15 is 0 Å². The normalized spacial score (nSPS) is 22.6. The van der Waals surface area contributed by atoms with Crippen molar-refractivity contribution in [3.63, 3.8) is 0 Å². The molecule has 21 heavy (non-hydrogen) atoms. The monoisotopic (exact) mass is 292 g/mol. The number of halogens is 1. The van der Waals surface area contributed by atoms with Gasteiger partial charge >= 0.3 is 5.97 Å². The van der Waals surface area contributed by atoms with E-state index in [1.807, 2.05) is 0 Å². The quantitative estimate of drug-likeness (QED) is 0.834. The van der Waals surface area contributed by atoms with Gasteiger partial charge in [0, 0.05) is 11.6 Å². The second-order valence-corrected chi connectivity index (χ2v) is 5.72. The number of hydrogen-bond donors (Lipinski definition) is 1. The van der Waals surface area contributed by atoms with E-state index in [4.69, 9.17) is 9.84 Å². The van der Waals surface area contributed by atoms with Crippen LogP contribution in [0.2, 0.25) is 0 Å². The fourth-order valence-electron chi connectivity index (χ4n) is 2.56. The number of rotatable bonds is 5. The van der Waals surface area contributed by atoms with Crippen molar-refractivity contribution in [1.29, 1.82) is 0 Å². The molecule has 1 aromatic carbocycles. The van der Waals surface area contributed by atoms with Crippen molar-refractivity contribution in [3.8, 4) is 0 Å². The van der Waals surface area contributed by atoms with Crippen molar-refractivity contribution in [2.75, 3.05) is 0 Å². The number of ether oxygens (including phenoxy) is 1. The predicted octanol–water partition coefficient (Wildman–Crippen LogP) is 4.02. The van der Waals surface area contributed by atoms with Crippen LogP contribution in [0.1, 0.15) is 43.7 Å². The molecule has 1 aliphatic carbocycles. The van der Waals surface area contributed by atoms with E-state index in [1.165, 1.54) is 25.0 Å². The van der Waals surface area contributed by atoms with Crippen LogP contribution < -0.4 is 0 Å². The van der Waals surface area contributed by atoms with E-state index in [1.54, 1.807) is 12.1 Å². The molecule has 2 rings (SSSR count). The van der Waals surface area contributed by atoms with Crippen LogP contribution >= 0.6 is 0 Å². The number of carbonyl (C=O) groups is 1. The number of hydrogen-bond acceptors (Lipinski definition) is 2. The molecule has 1 saturated carbocycles. The van der Waals surface area contributed by atoms with E-state index in [-0.39, 0.29) is 18.5 Å². The molecule has 0 aromatic heterocycles. The second-order valence-electron chi connectivity index (χ2n) is 5.72. The van der Waals surface area contributed by atoms with Gasteiger partial charge in [0.2, 0.25) is 0 Å². The molecule has 0 unspecified atom stereocenters. The SMILES string of the molecule is CC1CCC(OCc2ccc(C=CC(=O)O)cc2F)CC1. The molecule has 114 valence electrons. The molecule has 0 spiro atoms. The zero-order chi connectivity index (χ0) is 15.2. The summed E-state index contributed by atoms with van der Waals surface area (Å²) in [5.41, 5.74) is 1.05. The van der Waals surface area contributed by atoms with Gasteiger partial charge in [-0.3, -0.25) is 0 Å². The number of aliphatic carboxylic acids is 1. The van der Waals surface area contributed by atoms with Crippen molar-refractivity contribution in [2.24, 2.45) is 5.92 Å².